The van der Waals surface area contributed by atoms with Crippen molar-refractivity contribution in [3.63, 3.8) is 0 Å². The molecule has 1 aromatic heterocycles. The number of hydrogen-bond acceptors (Lipinski definition) is 5. The van der Waals surface area contributed by atoms with Crippen molar-refractivity contribution in [3.8, 4) is 0 Å². The van der Waals surface area contributed by atoms with Crippen LogP contribution in [0.2, 0.25) is 0 Å². The molecule has 1 heterocycles. The van der Waals surface area contributed by atoms with Gasteiger partial charge in [-0.05, 0) is 19.3 Å². The molecule has 1 N–H and O–H groups in total. The van der Waals surface area contributed by atoms with Gasteiger partial charge in [-0.25, -0.2) is 0 Å². The van der Waals surface area contributed by atoms with Crippen molar-refractivity contribution >= 4 is 17.9 Å². The first-order chi connectivity index (χ1) is 8.75. The summed E-state index contributed by atoms with van der Waals surface area (Å²) in [6, 6.07) is 0.0843. The van der Waals surface area contributed by atoms with Gasteiger partial charge in [0.1, 0.15) is 12.2 Å². The number of aromatic nitrogens is 1. The molecule has 0 saturated carbocycles. The number of hydrogen-bond donors (Lipinski definition) is 1. The van der Waals surface area contributed by atoms with Crippen LogP contribution in [0.4, 0.5) is 6.01 Å². The molecule has 19 heavy (non-hydrogen) atoms. The molecule has 6 heteroatoms. The topological polar surface area (TPSA) is 81.4 Å². The summed E-state index contributed by atoms with van der Waals surface area (Å²) in [6.07, 6.45) is 1.42. The van der Waals surface area contributed by atoms with Crippen LogP contribution in [0.5, 0.6) is 0 Å². The Bertz CT molecular complexity index is 459. The summed E-state index contributed by atoms with van der Waals surface area (Å²) in [7, 11) is 0. The van der Waals surface area contributed by atoms with Gasteiger partial charge < -0.3 is 9.15 Å². The minimum Gasteiger partial charge on any atom is -0.465 e. The van der Waals surface area contributed by atoms with E-state index in [0.717, 1.165) is 0 Å². The molecule has 0 radical (unpaired) electrons. The van der Waals surface area contributed by atoms with Crippen molar-refractivity contribution in [2.75, 3.05) is 11.9 Å². The predicted molar refractivity (Wildman–Crippen MR) is 69.4 cm³/mol. The first-order valence-corrected chi connectivity index (χ1v) is 6.15. The first kappa shape index (κ1) is 15.2. The van der Waals surface area contributed by atoms with Crippen molar-refractivity contribution < 1.29 is 18.7 Å². The van der Waals surface area contributed by atoms with E-state index >= 15 is 0 Å². The van der Waals surface area contributed by atoms with E-state index in [9.17, 15) is 9.59 Å². The smallest absolute Gasteiger partial charge is 0.319 e. The summed E-state index contributed by atoms with van der Waals surface area (Å²) in [5, 5.41) is 2.49. The highest BCUT2D eigenvalue weighted by atomic mass is 16.5. The summed E-state index contributed by atoms with van der Waals surface area (Å²) in [4.78, 5) is 28.0. The maximum Gasteiger partial charge on any atom is 0.319 e. The number of aryl methyl sites for hydroxylation is 1. The molecule has 0 spiro atoms. The number of carbonyl (C=O) groups excluding carboxylic acids is 2. The Morgan fingerprint density at radius 2 is 2.11 bits per heavy atom. The number of amides is 1. The fourth-order valence-corrected chi connectivity index (χ4v) is 1.67. The van der Waals surface area contributed by atoms with Gasteiger partial charge in [-0.2, -0.15) is 4.98 Å². The van der Waals surface area contributed by atoms with Crippen LogP contribution in [0.15, 0.2) is 10.7 Å². The quantitative estimate of drug-likeness (QED) is 0.668. The zero-order chi connectivity index (χ0) is 14.6. The minimum atomic E-state index is -0.917. The molecular weight excluding hydrogens is 248 g/mol. The maximum absolute atomic E-state index is 12.2. The first-order valence-electron chi connectivity index (χ1n) is 6.15. The van der Waals surface area contributed by atoms with Gasteiger partial charge in [0, 0.05) is 0 Å². The zero-order valence-corrected chi connectivity index (χ0v) is 11.9. The van der Waals surface area contributed by atoms with Crippen LogP contribution in [0.1, 0.15) is 33.4 Å². The number of rotatable bonds is 4. The van der Waals surface area contributed by atoms with E-state index in [1.807, 2.05) is 0 Å². The van der Waals surface area contributed by atoms with Gasteiger partial charge >= 0.3 is 12.0 Å². The normalized spacial score (nSPS) is 12.9. The molecule has 1 aromatic rings. The molecule has 0 aliphatic heterocycles. The Labute approximate surface area is 112 Å². The van der Waals surface area contributed by atoms with E-state index in [2.05, 4.69) is 10.3 Å². The van der Waals surface area contributed by atoms with Gasteiger partial charge in [0.15, 0.2) is 0 Å². The Balaban J connectivity index is 2.86. The molecule has 1 atom stereocenters. The monoisotopic (exact) mass is 268 g/mol. The van der Waals surface area contributed by atoms with Crippen molar-refractivity contribution in [1.82, 2.24) is 4.98 Å². The van der Waals surface area contributed by atoms with Gasteiger partial charge in [-0.3, -0.25) is 14.9 Å². The lowest BCUT2D eigenvalue weighted by Crippen LogP contribution is -2.40. The molecule has 6 nitrogen and oxygen atoms in total. The lowest BCUT2D eigenvalue weighted by molar-refractivity contribution is -0.155. The summed E-state index contributed by atoms with van der Waals surface area (Å²) in [6.45, 7) is 9.08. The highest BCUT2D eigenvalue weighted by Gasteiger charge is 2.39. The number of ether oxygens (including phenoxy) is 1. The summed E-state index contributed by atoms with van der Waals surface area (Å²) >= 11 is 0. The molecule has 0 saturated heterocycles. The van der Waals surface area contributed by atoms with E-state index in [0.29, 0.717) is 5.69 Å². The number of oxazole rings is 1. The second-order valence-electron chi connectivity index (χ2n) is 5.33. The van der Waals surface area contributed by atoms with Crippen LogP contribution >= 0.6 is 0 Å². The summed E-state index contributed by atoms with van der Waals surface area (Å²) in [5.74, 6) is -1.94. The lowest BCUT2D eigenvalue weighted by atomic mass is 9.80. The third-order valence-electron chi connectivity index (χ3n) is 2.50. The molecule has 1 rings (SSSR count). The Kier molecular flexibility index (Phi) is 4.69. The Morgan fingerprint density at radius 3 is 2.53 bits per heavy atom. The maximum atomic E-state index is 12.2. The minimum absolute atomic E-state index is 0.0843. The van der Waals surface area contributed by atoms with Crippen molar-refractivity contribution in [2.24, 2.45) is 11.3 Å². The van der Waals surface area contributed by atoms with Gasteiger partial charge in [-0.1, -0.05) is 20.8 Å². The Morgan fingerprint density at radius 1 is 1.47 bits per heavy atom. The lowest BCUT2D eigenvalue weighted by Gasteiger charge is -2.26. The molecule has 1 unspecified atom stereocenters. The predicted octanol–water partition coefficient (Wildman–Crippen LogP) is 2.15. The molecule has 106 valence electrons. The molecule has 0 aromatic carbocycles. The second kappa shape index (κ2) is 5.86. The highest BCUT2D eigenvalue weighted by Crippen LogP contribution is 2.28. The standard InChI is InChI=1S/C13H20N2O4/c1-6-18-11(17)9(13(3,4)5)10(16)15-12-14-8(2)7-19-12/h7,9H,6H2,1-5H3,(H,14,15,16). The highest BCUT2D eigenvalue weighted by molar-refractivity contribution is 6.04. The number of anilines is 1. The number of nitrogens with zero attached hydrogens (tertiary/aromatic N) is 1. The molecule has 0 aliphatic carbocycles. The third kappa shape index (κ3) is 4.08. The molecule has 0 fully saturated rings. The van der Waals surface area contributed by atoms with Crippen molar-refractivity contribution in [1.29, 1.82) is 0 Å². The SMILES string of the molecule is CCOC(=O)C(C(=O)Nc1nc(C)co1)C(C)(C)C. The van der Waals surface area contributed by atoms with E-state index < -0.39 is 23.2 Å². The van der Waals surface area contributed by atoms with Gasteiger partial charge in [0.05, 0.1) is 12.3 Å². The third-order valence-corrected chi connectivity index (χ3v) is 2.50. The van der Waals surface area contributed by atoms with Gasteiger partial charge in [0.25, 0.3) is 0 Å². The van der Waals surface area contributed by atoms with Crippen molar-refractivity contribution in [3.05, 3.63) is 12.0 Å². The summed E-state index contributed by atoms with van der Waals surface area (Å²) in [5.41, 5.74) is 0.0940. The van der Waals surface area contributed by atoms with E-state index in [-0.39, 0.29) is 12.6 Å². The zero-order valence-electron chi connectivity index (χ0n) is 11.9. The van der Waals surface area contributed by atoms with Gasteiger partial charge in [0.2, 0.25) is 5.91 Å². The largest absolute Gasteiger partial charge is 0.465 e. The van der Waals surface area contributed by atoms with Crippen molar-refractivity contribution in [2.45, 2.75) is 34.6 Å². The van der Waals surface area contributed by atoms with E-state index in [1.54, 1.807) is 34.6 Å². The van der Waals surface area contributed by atoms with Crippen LogP contribution in [-0.2, 0) is 14.3 Å². The number of esters is 1. The molecule has 1 amide bonds. The number of nitrogens with one attached hydrogen (secondary N) is 1. The van der Waals surface area contributed by atoms with E-state index in [1.165, 1.54) is 6.26 Å². The van der Waals surface area contributed by atoms with Gasteiger partial charge in [-0.15, -0.1) is 0 Å². The van der Waals surface area contributed by atoms with Crippen LogP contribution in [0, 0.1) is 18.3 Å². The average molecular weight is 268 g/mol. The van der Waals surface area contributed by atoms with E-state index in [4.69, 9.17) is 9.15 Å². The number of carbonyl (C=O) groups is 2. The van der Waals surface area contributed by atoms with Crippen LogP contribution < -0.4 is 5.32 Å². The summed E-state index contributed by atoms with van der Waals surface area (Å²) < 4.78 is 9.99. The second-order valence-corrected chi connectivity index (χ2v) is 5.33. The van der Waals surface area contributed by atoms with Crippen LogP contribution in [0.25, 0.3) is 0 Å². The Hall–Kier alpha value is -1.85. The molecular formula is C13H20N2O4. The van der Waals surface area contributed by atoms with Crippen LogP contribution in [-0.4, -0.2) is 23.5 Å². The fraction of sp³-hybridized carbons (Fsp3) is 0.615. The molecule has 0 bridgehead atoms. The molecule has 0 aliphatic rings. The van der Waals surface area contributed by atoms with Crippen LogP contribution in [0.3, 0.4) is 0 Å². The average Bonchev–Trinajstić information content (AvgIpc) is 2.61. The fourth-order valence-electron chi connectivity index (χ4n) is 1.67.